The van der Waals surface area contributed by atoms with Gasteiger partial charge < -0.3 is 5.11 Å². The molecule has 0 aliphatic rings. The maximum atomic E-state index is 10.1. The van der Waals surface area contributed by atoms with Gasteiger partial charge in [0.25, 0.3) is 0 Å². The van der Waals surface area contributed by atoms with Crippen LogP contribution < -0.4 is 0 Å². The normalized spacial score (nSPS) is 11.2. The first-order chi connectivity index (χ1) is 7.90. The summed E-state index contributed by atoms with van der Waals surface area (Å²) in [6, 6.07) is 4.15. The molecule has 1 aromatic carbocycles. The highest BCUT2D eigenvalue weighted by atomic mass is 16.3. The fourth-order valence-corrected chi connectivity index (χ4v) is 1.82. The first-order valence-electron chi connectivity index (χ1n) is 5.97. The van der Waals surface area contributed by atoms with Crippen LogP contribution >= 0.6 is 0 Å². The molecule has 0 radical (unpaired) electrons. The van der Waals surface area contributed by atoms with E-state index in [1.54, 1.807) is 0 Å². The van der Waals surface area contributed by atoms with Crippen molar-refractivity contribution in [2.75, 3.05) is 0 Å². The number of phenols is 1. The van der Waals surface area contributed by atoms with E-state index >= 15 is 0 Å². The van der Waals surface area contributed by atoms with E-state index in [1.807, 2.05) is 12.2 Å². The molecule has 0 atom stereocenters. The van der Waals surface area contributed by atoms with Gasteiger partial charge in [0.15, 0.2) is 0 Å². The Hall–Kier alpha value is -1.50. The summed E-state index contributed by atoms with van der Waals surface area (Å²) in [5.74, 6) is 0.387. The van der Waals surface area contributed by atoms with Crippen molar-refractivity contribution >= 4 is 0 Å². The van der Waals surface area contributed by atoms with Crippen molar-refractivity contribution in [3.05, 3.63) is 54.1 Å². The molecule has 0 spiro atoms. The van der Waals surface area contributed by atoms with Crippen LogP contribution in [0, 0.1) is 0 Å². The highest BCUT2D eigenvalue weighted by molar-refractivity contribution is 5.47. The predicted octanol–water partition coefficient (Wildman–Crippen LogP) is 4.15. The van der Waals surface area contributed by atoms with Crippen molar-refractivity contribution in [1.29, 1.82) is 0 Å². The molecule has 0 aromatic heterocycles. The van der Waals surface area contributed by atoms with Gasteiger partial charge >= 0.3 is 0 Å². The SMILES string of the molecule is C=CCc1cc(C(C)(C)C)cc(CC=C)c1O. The summed E-state index contributed by atoms with van der Waals surface area (Å²) in [7, 11) is 0. The molecule has 0 unspecified atom stereocenters. The molecule has 1 nitrogen and oxygen atoms in total. The second kappa shape index (κ2) is 5.22. The standard InChI is InChI=1S/C16H22O/c1-6-8-12-10-14(16(3,4)5)11-13(9-7-2)15(12)17/h6-7,10-11,17H,1-2,8-9H2,3-5H3. The second-order valence-corrected chi connectivity index (χ2v) is 5.38. The van der Waals surface area contributed by atoms with E-state index in [1.165, 1.54) is 5.56 Å². The summed E-state index contributed by atoms with van der Waals surface area (Å²) >= 11 is 0. The average Bonchev–Trinajstić information content (AvgIpc) is 2.22. The lowest BCUT2D eigenvalue weighted by atomic mass is 9.84. The highest BCUT2D eigenvalue weighted by Gasteiger charge is 2.17. The maximum Gasteiger partial charge on any atom is 0.122 e. The Kier molecular flexibility index (Phi) is 4.17. The largest absolute Gasteiger partial charge is 0.507 e. The molecular formula is C16H22O. The molecule has 0 saturated heterocycles. The minimum absolute atomic E-state index is 0.0829. The van der Waals surface area contributed by atoms with E-state index in [9.17, 15) is 5.11 Å². The number of hydrogen-bond acceptors (Lipinski definition) is 1. The van der Waals surface area contributed by atoms with E-state index in [2.05, 4.69) is 46.1 Å². The van der Waals surface area contributed by atoms with Gasteiger partial charge in [0.1, 0.15) is 5.75 Å². The van der Waals surface area contributed by atoms with Gasteiger partial charge in [0.05, 0.1) is 0 Å². The molecule has 1 rings (SSSR count). The van der Waals surface area contributed by atoms with Crippen LogP contribution in [0.5, 0.6) is 5.75 Å². The molecule has 0 bridgehead atoms. The zero-order chi connectivity index (χ0) is 13.1. The predicted molar refractivity (Wildman–Crippen MR) is 74.6 cm³/mol. The fraction of sp³-hybridized carbons (Fsp3) is 0.375. The first kappa shape index (κ1) is 13.6. The summed E-state index contributed by atoms with van der Waals surface area (Å²) in [6.45, 7) is 14.0. The Morgan fingerprint density at radius 1 is 1.06 bits per heavy atom. The smallest absolute Gasteiger partial charge is 0.122 e. The Labute approximate surface area is 104 Å². The molecule has 0 fully saturated rings. The quantitative estimate of drug-likeness (QED) is 0.770. The number of rotatable bonds is 4. The van der Waals surface area contributed by atoms with Gasteiger partial charge in [-0.3, -0.25) is 0 Å². The Bertz CT molecular complexity index is 391. The van der Waals surface area contributed by atoms with Gasteiger partial charge in [-0.1, -0.05) is 45.1 Å². The van der Waals surface area contributed by atoms with E-state index in [4.69, 9.17) is 0 Å². The fourth-order valence-electron chi connectivity index (χ4n) is 1.82. The second-order valence-electron chi connectivity index (χ2n) is 5.38. The van der Waals surface area contributed by atoms with Gasteiger partial charge in [-0.05, 0) is 34.9 Å². The van der Waals surface area contributed by atoms with Gasteiger partial charge in [-0.15, -0.1) is 13.2 Å². The molecule has 0 heterocycles. The zero-order valence-electron chi connectivity index (χ0n) is 11.1. The van der Waals surface area contributed by atoms with Crippen molar-refractivity contribution in [1.82, 2.24) is 0 Å². The molecule has 92 valence electrons. The monoisotopic (exact) mass is 230 g/mol. The third-order valence-corrected chi connectivity index (χ3v) is 2.86. The van der Waals surface area contributed by atoms with Crippen molar-refractivity contribution in [3.8, 4) is 5.75 Å². The van der Waals surface area contributed by atoms with Crippen LogP contribution in [0.1, 0.15) is 37.5 Å². The number of allylic oxidation sites excluding steroid dienone is 2. The maximum absolute atomic E-state index is 10.1. The Morgan fingerprint density at radius 3 is 1.76 bits per heavy atom. The summed E-state index contributed by atoms with van der Waals surface area (Å²) in [4.78, 5) is 0. The van der Waals surface area contributed by atoms with E-state index in [-0.39, 0.29) is 5.41 Å². The van der Waals surface area contributed by atoms with Crippen LogP contribution in [0.2, 0.25) is 0 Å². The molecule has 0 aliphatic carbocycles. The van der Waals surface area contributed by atoms with Crippen LogP contribution in [0.15, 0.2) is 37.4 Å². The summed E-state index contributed by atoms with van der Waals surface area (Å²) in [5, 5.41) is 10.1. The first-order valence-corrected chi connectivity index (χ1v) is 5.97. The molecule has 1 heteroatoms. The van der Waals surface area contributed by atoms with Crippen molar-refractivity contribution < 1.29 is 5.11 Å². The highest BCUT2D eigenvalue weighted by Crippen LogP contribution is 2.31. The third-order valence-electron chi connectivity index (χ3n) is 2.86. The molecule has 0 saturated carbocycles. The molecule has 1 aromatic rings. The number of benzene rings is 1. The lowest BCUT2D eigenvalue weighted by Gasteiger charge is -2.22. The van der Waals surface area contributed by atoms with Gasteiger partial charge in [0.2, 0.25) is 0 Å². The van der Waals surface area contributed by atoms with Crippen LogP contribution in [0.25, 0.3) is 0 Å². The lowest BCUT2D eigenvalue weighted by molar-refractivity contribution is 0.462. The minimum Gasteiger partial charge on any atom is -0.507 e. The van der Waals surface area contributed by atoms with Gasteiger partial charge in [0, 0.05) is 0 Å². The van der Waals surface area contributed by atoms with Crippen LogP contribution in [0.3, 0.4) is 0 Å². The van der Waals surface area contributed by atoms with E-state index < -0.39 is 0 Å². The summed E-state index contributed by atoms with van der Waals surface area (Å²) in [5.41, 5.74) is 3.22. The average molecular weight is 230 g/mol. The summed E-state index contributed by atoms with van der Waals surface area (Å²) in [6.07, 6.45) is 5.03. The minimum atomic E-state index is 0.0829. The topological polar surface area (TPSA) is 20.2 Å². The molecule has 1 N–H and O–H groups in total. The molecule has 0 amide bonds. The van der Waals surface area contributed by atoms with Crippen molar-refractivity contribution in [3.63, 3.8) is 0 Å². The van der Waals surface area contributed by atoms with Gasteiger partial charge in [-0.25, -0.2) is 0 Å². The zero-order valence-corrected chi connectivity index (χ0v) is 11.1. The number of aromatic hydroxyl groups is 1. The molecule has 17 heavy (non-hydrogen) atoms. The lowest BCUT2D eigenvalue weighted by Crippen LogP contribution is -2.12. The van der Waals surface area contributed by atoms with Gasteiger partial charge in [-0.2, -0.15) is 0 Å². The van der Waals surface area contributed by atoms with E-state index in [0.29, 0.717) is 18.6 Å². The van der Waals surface area contributed by atoms with Crippen LogP contribution in [-0.2, 0) is 18.3 Å². The van der Waals surface area contributed by atoms with E-state index in [0.717, 1.165) is 11.1 Å². The summed E-state index contributed by atoms with van der Waals surface area (Å²) < 4.78 is 0. The number of phenolic OH excluding ortho intramolecular Hbond substituents is 1. The van der Waals surface area contributed by atoms with Crippen LogP contribution in [0.4, 0.5) is 0 Å². The molecular weight excluding hydrogens is 208 g/mol. The van der Waals surface area contributed by atoms with Crippen LogP contribution in [-0.4, -0.2) is 5.11 Å². The van der Waals surface area contributed by atoms with Crippen molar-refractivity contribution in [2.45, 2.75) is 39.0 Å². The number of hydrogen-bond donors (Lipinski definition) is 1. The van der Waals surface area contributed by atoms with Crippen molar-refractivity contribution in [2.24, 2.45) is 0 Å². The third kappa shape index (κ3) is 3.23. The Morgan fingerprint density at radius 2 is 1.47 bits per heavy atom. The molecule has 0 aliphatic heterocycles. The Balaban J connectivity index is 3.35.